The molecule has 0 atom stereocenters. The van der Waals surface area contributed by atoms with Gasteiger partial charge in [0.15, 0.2) is 0 Å². The molecule has 0 fully saturated rings. The van der Waals surface area contributed by atoms with Gasteiger partial charge in [0.2, 0.25) is 0 Å². The van der Waals surface area contributed by atoms with Gasteiger partial charge in [-0.05, 0) is 53.7 Å². The van der Waals surface area contributed by atoms with E-state index in [4.69, 9.17) is 4.42 Å². The Hall–Kier alpha value is -2.54. The van der Waals surface area contributed by atoms with Gasteiger partial charge in [0.1, 0.15) is 11.0 Å². The fourth-order valence-corrected chi connectivity index (χ4v) is 3.95. The maximum Gasteiger partial charge on any atom is 0.138 e. The number of hydrogen-bond donors (Lipinski definition) is 0. The van der Waals surface area contributed by atoms with E-state index in [1.165, 1.54) is 32.5 Å². The minimum atomic E-state index is 1.01. The number of allylic oxidation sites excluding steroid dienone is 4. The van der Waals surface area contributed by atoms with Gasteiger partial charge < -0.3 is 4.42 Å². The average Bonchev–Trinajstić information content (AvgIpc) is 3.01. The van der Waals surface area contributed by atoms with Crippen molar-refractivity contribution in [3.05, 3.63) is 70.8 Å². The van der Waals surface area contributed by atoms with Crippen molar-refractivity contribution in [1.29, 1.82) is 0 Å². The molecule has 1 heteroatoms. The third-order valence-electron chi connectivity index (χ3n) is 5.04. The Balaban J connectivity index is 1.94. The van der Waals surface area contributed by atoms with Gasteiger partial charge in [-0.3, -0.25) is 0 Å². The first kappa shape index (κ1) is 13.0. The molecular formula is C22H18O. The fraction of sp³-hybridized carbons (Fsp3) is 0.182. The number of hydrogen-bond acceptors (Lipinski definition) is 1. The molecule has 1 heterocycles. The van der Waals surface area contributed by atoms with E-state index in [2.05, 4.69) is 60.7 Å². The normalized spacial score (nSPS) is 17.2. The molecule has 23 heavy (non-hydrogen) atoms. The molecule has 5 rings (SSSR count). The molecule has 0 spiro atoms. The molecule has 0 saturated heterocycles. The molecule has 0 N–H and O–H groups in total. The molecule has 2 aliphatic rings. The van der Waals surface area contributed by atoms with Crippen LogP contribution in [0.25, 0.3) is 33.4 Å². The number of benzene rings is 2. The molecule has 0 aliphatic heterocycles. The molecule has 1 nitrogen and oxygen atoms in total. The molecule has 2 aliphatic carbocycles. The minimum absolute atomic E-state index is 1.01. The van der Waals surface area contributed by atoms with Crippen molar-refractivity contribution in [2.45, 2.75) is 25.7 Å². The van der Waals surface area contributed by atoms with Crippen molar-refractivity contribution >= 4 is 33.4 Å². The minimum Gasteiger partial charge on any atom is -0.456 e. The highest BCUT2D eigenvalue weighted by molar-refractivity contribution is 6.06. The largest absolute Gasteiger partial charge is 0.456 e. The van der Waals surface area contributed by atoms with E-state index in [-0.39, 0.29) is 0 Å². The van der Waals surface area contributed by atoms with Crippen LogP contribution in [0.3, 0.4) is 0 Å². The first-order valence-corrected chi connectivity index (χ1v) is 8.41. The van der Waals surface area contributed by atoms with Crippen molar-refractivity contribution in [2.75, 3.05) is 0 Å². The molecule has 112 valence electrons. The maximum absolute atomic E-state index is 6.33. The summed E-state index contributed by atoms with van der Waals surface area (Å²) in [5.41, 5.74) is 4.97. The van der Waals surface area contributed by atoms with Crippen LogP contribution in [0, 0.1) is 0 Å². The summed E-state index contributed by atoms with van der Waals surface area (Å²) in [7, 11) is 0. The van der Waals surface area contributed by atoms with Gasteiger partial charge in [-0.25, -0.2) is 0 Å². The molecular weight excluding hydrogens is 280 g/mol. The van der Waals surface area contributed by atoms with Gasteiger partial charge in [-0.2, -0.15) is 0 Å². The van der Waals surface area contributed by atoms with Crippen LogP contribution in [0.15, 0.2) is 64.6 Å². The zero-order valence-electron chi connectivity index (χ0n) is 13.0. The van der Waals surface area contributed by atoms with Crippen LogP contribution in [-0.4, -0.2) is 0 Å². The molecule has 2 aromatic carbocycles. The smallest absolute Gasteiger partial charge is 0.138 e. The van der Waals surface area contributed by atoms with Gasteiger partial charge in [-0.1, -0.05) is 54.6 Å². The van der Waals surface area contributed by atoms with Gasteiger partial charge in [-0.15, -0.1) is 0 Å². The van der Waals surface area contributed by atoms with Crippen molar-refractivity contribution in [3.8, 4) is 0 Å². The van der Waals surface area contributed by atoms with Crippen molar-refractivity contribution in [3.63, 3.8) is 0 Å². The summed E-state index contributed by atoms with van der Waals surface area (Å²) >= 11 is 0. The summed E-state index contributed by atoms with van der Waals surface area (Å²) in [5.74, 6) is 0. The Bertz CT molecular complexity index is 1110. The highest BCUT2D eigenvalue weighted by Crippen LogP contribution is 2.28. The van der Waals surface area contributed by atoms with Gasteiger partial charge >= 0.3 is 0 Å². The Morgan fingerprint density at radius 3 is 2.78 bits per heavy atom. The van der Waals surface area contributed by atoms with E-state index in [0.717, 1.165) is 36.7 Å². The number of rotatable bonds is 1. The maximum atomic E-state index is 6.33. The molecule has 0 bridgehead atoms. The predicted octanol–water partition coefficient (Wildman–Crippen LogP) is 4.59. The lowest BCUT2D eigenvalue weighted by Crippen LogP contribution is -2.27. The molecule has 0 amide bonds. The second kappa shape index (κ2) is 4.99. The standard InChI is InChI=1S/C22H18O/c1-2-7-15(8-3-1)18-11-6-12-19-21-17-10-5-4-9-16(17)13-14-20(21)23-22(18)19/h1-2,4-5,7,9-10,12-14H,3,6,8,11H2. The molecule has 0 saturated carbocycles. The summed E-state index contributed by atoms with van der Waals surface area (Å²) in [6, 6.07) is 12.9. The van der Waals surface area contributed by atoms with E-state index >= 15 is 0 Å². The van der Waals surface area contributed by atoms with Gasteiger partial charge in [0.05, 0.1) is 0 Å². The first-order valence-electron chi connectivity index (χ1n) is 8.41. The highest BCUT2D eigenvalue weighted by atomic mass is 16.3. The Morgan fingerprint density at radius 1 is 0.913 bits per heavy atom. The van der Waals surface area contributed by atoms with Crippen molar-refractivity contribution in [1.82, 2.24) is 0 Å². The number of fused-ring (bicyclic) bond motifs is 5. The lowest BCUT2D eigenvalue weighted by molar-refractivity contribution is 0.567. The summed E-state index contributed by atoms with van der Waals surface area (Å²) < 4.78 is 6.33. The van der Waals surface area contributed by atoms with Gasteiger partial charge in [0.25, 0.3) is 0 Å². The summed E-state index contributed by atoms with van der Waals surface area (Å²) in [6.45, 7) is 0. The van der Waals surface area contributed by atoms with Crippen LogP contribution in [0.4, 0.5) is 0 Å². The summed E-state index contributed by atoms with van der Waals surface area (Å²) in [5, 5.41) is 5.16. The van der Waals surface area contributed by atoms with E-state index in [9.17, 15) is 0 Å². The molecule has 0 unspecified atom stereocenters. The Labute approximate surface area is 134 Å². The van der Waals surface area contributed by atoms with E-state index in [1.807, 2.05) is 0 Å². The molecule has 1 aromatic heterocycles. The van der Waals surface area contributed by atoms with Crippen LogP contribution in [0.1, 0.15) is 25.7 Å². The SMILES string of the molecule is C1=CCCC(C2=c3oc4ccc5ccccc5c4c3=CCC2)=C1. The molecule has 0 radical (unpaired) electrons. The highest BCUT2D eigenvalue weighted by Gasteiger charge is 2.16. The van der Waals surface area contributed by atoms with Crippen LogP contribution in [-0.2, 0) is 0 Å². The van der Waals surface area contributed by atoms with Crippen molar-refractivity contribution in [2.24, 2.45) is 0 Å². The summed E-state index contributed by atoms with van der Waals surface area (Å²) in [4.78, 5) is 0. The lowest BCUT2D eigenvalue weighted by atomic mass is 9.91. The quantitative estimate of drug-likeness (QED) is 0.640. The lowest BCUT2D eigenvalue weighted by Gasteiger charge is -2.13. The first-order chi connectivity index (χ1) is 11.4. The predicted molar refractivity (Wildman–Crippen MR) is 96.5 cm³/mol. The number of furan rings is 1. The van der Waals surface area contributed by atoms with Crippen molar-refractivity contribution < 1.29 is 4.42 Å². The fourth-order valence-electron chi connectivity index (χ4n) is 3.95. The topological polar surface area (TPSA) is 13.1 Å². The molecule has 3 aromatic rings. The monoisotopic (exact) mass is 298 g/mol. The van der Waals surface area contributed by atoms with Crippen LogP contribution >= 0.6 is 0 Å². The van der Waals surface area contributed by atoms with Crippen LogP contribution < -0.4 is 10.6 Å². The second-order valence-electron chi connectivity index (χ2n) is 6.38. The van der Waals surface area contributed by atoms with Crippen LogP contribution in [0.2, 0.25) is 0 Å². The van der Waals surface area contributed by atoms with Crippen LogP contribution in [0.5, 0.6) is 0 Å². The second-order valence-corrected chi connectivity index (χ2v) is 6.38. The third-order valence-corrected chi connectivity index (χ3v) is 5.04. The van der Waals surface area contributed by atoms with E-state index in [0.29, 0.717) is 0 Å². The summed E-state index contributed by atoms with van der Waals surface area (Å²) in [6.07, 6.45) is 13.5. The zero-order valence-corrected chi connectivity index (χ0v) is 13.0. The Morgan fingerprint density at radius 2 is 1.87 bits per heavy atom. The third kappa shape index (κ3) is 1.93. The van der Waals surface area contributed by atoms with E-state index in [1.54, 1.807) is 0 Å². The van der Waals surface area contributed by atoms with Gasteiger partial charge in [0, 0.05) is 10.6 Å². The zero-order chi connectivity index (χ0) is 15.2. The Kier molecular flexibility index (Phi) is 2.81. The average molecular weight is 298 g/mol. The van der Waals surface area contributed by atoms with E-state index < -0.39 is 0 Å².